The molecule has 100 valence electrons. The van der Waals surface area contributed by atoms with E-state index in [0.717, 1.165) is 4.90 Å². The van der Waals surface area contributed by atoms with Crippen LogP contribution in [0.1, 0.15) is 5.56 Å². The second-order valence-electron chi connectivity index (χ2n) is 4.22. The SMILES string of the molecule is OC(CSc1ccccc1)Cc1ccc(Br)cc1F. The van der Waals surface area contributed by atoms with Crippen molar-refractivity contribution in [2.45, 2.75) is 17.4 Å². The molecular formula is C15H14BrFOS. The summed E-state index contributed by atoms with van der Waals surface area (Å²) in [6.45, 7) is 0. The fourth-order valence-electron chi connectivity index (χ4n) is 1.71. The van der Waals surface area contributed by atoms with E-state index in [-0.39, 0.29) is 5.82 Å². The van der Waals surface area contributed by atoms with Crippen LogP contribution in [-0.4, -0.2) is 17.0 Å². The minimum absolute atomic E-state index is 0.280. The molecule has 4 heteroatoms. The number of hydrogen-bond donors (Lipinski definition) is 1. The van der Waals surface area contributed by atoms with E-state index in [2.05, 4.69) is 15.9 Å². The van der Waals surface area contributed by atoms with E-state index in [1.165, 1.54) is 6.07 Å². The summed E-state index contributed by atoms with van der Waals surface area (Å²) < 4.78 is 14.3. The summed E-state index contributed by atoms with van der Waals surface area (Å²) in [5.41, 5.74) is 0.546. The van der Waals surface area contributed by atoms with E-state index in [4.69, 9.17) is 0 Å². The molecule has 0 amide bonds. The van der Waals surface area contributed by atoms with Crippen molar-refractivity contribution in [3.8, 4) is 0 Å². The van der Waals surface area contributed by atoms with Crippen molar-refractivity contribution >= 4 is 27.7 Å². The van der Waals surface area contributed by atoms with E-state index in [0.29, 0.717) is 22.2 Å². The first-order valence-electron chi connectivity index (χ1n) is 5.95. The highest BCUT2D eigenvalue weighted by Crippen LogP contribution is 2.21. The van der Waals surface area contributed by atoms with Crippen LogP contribution in [0.2, 0.25) is 0 Å². The van der Waals surface area contributed by atoms with Crippen molar-refractivity contribution in [1.82, 2.24) is 0 Å². The summed E-state index contributed by atoms with van der Waals surface area (Å²) in [6, 6.07) is 14.8. The largest absolute Gasteiger partial charge is 0.392 e. The van der Waals surface area contributed by atoms with Crippen LogP contribution in [0.3, 0.4) is 0 Å². The number of halogens is 2. The molecule has 0 bridgehead atoms. The molecule has 2 rings (SSSR count). The van der Waals surface area contributed by atoms with Crippen molar-refractivity contribution in [1.29, 1.82) is 0 Å². The Morgan fingerprint density at radius 3 is 2.58 bits per heavy atom. The van der Waals surface area contributed by atoms with Crippen molar-refractivity contribution in [3.63, 3.8) is 0 Å². The van der Waals surface area contributed by atoms with Crippen LogP contribution in [0.15, 0.2) is 57.9 Å². The van der Waals surface area contributed by atoms with Crippen LogP contribution in [0, 0.1) is 5.82 Å². The number of thioether (sulfide) groups is 1. The highest BCUT2D eigenvalue weighted by atomic mass is 79.9. The van der Waals surface area contributed by atoms with Gasteiger partial charge in [0.2, 0.25) is 0 Å². The number of hydrogen-bond acceptors (Lipinski definition) is 2. The molecule has 0 aliphatic heterocycles. The van der Waals surface area contributed by atoms with Gasteiger partial charge in [0.25, 0.3) is 0 Å². The average Bonchev–Trinajstić information content (AvgIpc) is 2.41. The molecule has 0 spiro atoms. The zero-order valence-corrected chi connectivity index (χ0v) is 12.6. The first kappa shape index (κ1) is 14.6. The summed E-state index contributed by atoms with van der Waals surface area (Å²) >= 11 is 4.79. The van der Waals surface area contributed by atoms with Crippen molar-refractivity contribution in [3.05, 3.63) is 64.4 Å². The van der Waals surface area contributed by atoms with Gasteiger partial charge in [-0.25, -0.2) is 4.39 Å². The van der Waals surface area contributed by atoms with Crippen molar-refractivity contribution in [2.75, 3.05) is 5.75 Å². The molecule has 0 aliphatic carbocycles. The van der Waals surface area contributed by atoms with E-state index >= 15 is 0 Å². The summed E-state index contributed by atoms with van der Waals surface area (Å²) in [5.74, 6) is 0.276. The van der Waals surface area contributed by atoms with Crippen LogP contribution in [0.5, 0.6) is 0 Å². The van der Waals surface area contributed by atoms with Gasteiger partial charge in [-0.15, -0.1) is 11.8 Å². The van der Waals surface area contributed by atoms with Gasteiger partial charge in [-0.2, -0.15) is 0 Å². The summed E-state index contributed by atoms with van der Waals surface area (Å²) in [4.78, 5) is 1.11. The van der Waals surface area contributed by atoms with Crippen LogP contribution >= 0.6 is 27.7 Å². The maximum Gasteiger partial charge on any atom is 0.127 e. The maximum absolute atomic E-state index is 13.6. The normalized spacial score (nSPS) is 12.4. The van der Waals surface area contributed by atoms with Crippen LogP contribution in [0.4, 0.5) is 4.39 Å². The molecule has 2 aromatic carbocycles. The van der Waals surface area contributed by atoms with Gasteiger partial charge in [-0.3, -0.25) is 0 Å². The molecule has 19 heavy (non-hydrogen) atoms. The lowest BCUT2D eigenvalue weighted by Crippen LogP contribution is -2.14. The van der Waals surface area contributed by atoms with Crippen LogP contribution < -0.4 is 0 Å². The van der Waals surface area contributed by atoms with E-state index in [9.17, 15) is 9.50 Å². The smallest absolute Gasteiger partial charge is 0.127 e. The molecule has 0 heterocycles. The Labute approximate surface area is 125 Å². The fourth-order valence-corrected chi connectivity index (χ4v) is 2.89. The highest BCUT2D eigenvalue weighted by molar-refractivity contribution is 9.10. The predicted molar refractivity (Wildman–Crippen MR) is 81.0 cm³/mol. The first-order valence-corrected chi connectivity index (χ1v) is 7.73. The van der Waals surface area contributed by atoms with Gasteiger partial charge in [0.15, 0.2) is 0 Å². The Morgan fingerprint density at radius 1 is 1.16 bits per heavy atom. The lowest BCUT2D eigenvalue weighted by molar-refractivity contribution is 0.198. The molecule has 1 unspecified atom stereocenters. The monoisotopic (exact) mass is 340 g/mol. The Balaban J connectivity index is 1.89. The number of aliphatic hydroxyl groups is 1. The minimum atomic E-state index is -0.555. The quantitative estimate of drug-likeness (QED) is 0.819. The maximum atomic E-state index is 13.6. The van der Waals surface area contributed by atoms with Gasteiger partial charge >= 0.3 is 0 Å². The Morgan fingerprint density at radius 2 is 1.89 bits per heavy atom. The molecule has 0 radical (unpaired) electrons. The van der Waals surface area contributed by atoms with Gasteiger partial charge in [0.05, 0.1) is 6.10 Å². The molecule has 1 nitrogen and oxygen atoms in total. The second-order valence-corrected chi connectivity index (χ2v) is 6.23. The zero-order valence-electron chi connectivity index (χ0n) is 10.2. The summed E-state index contributed by atoms with van der Waals surface area (Å²) in [6.07, 6.45) is -0.222. The fraction of sp³-hybridized carbons (Fsp3) is 0.200. The average molecular weight is 341 g/mol. The van der Waals surface area contributed by atoms with Gasteiger partial charge < -0.3 is 5.11 Å². The molecule has 0 saturated heterocycles. The Kier molecular flexibility index (Phi) is 5.43. The molecule has 0 saturated carbocycles. The molecule has 1 atom stereocenters. The highest BCUT2D eigenvalue weighted by Gasteiger charge is 2.10. The number of rotatable bonds is 5. The zero-order chi connectivity index (χ0) is 13.7. The molecular weight excluding hydrogens is 327 g/mol. The standard InChI is InChI=1S/C15H14BrFOS/c16-12-7-6-11(15(17)9-12)8-13(18)10-19-14-4-2-1-3-5-14/h1-7,9,13,18H,8,10H2. The van der Waals surface area contributed by atoms with E-state index in [1.54, 1.807) is 23.9 Å². The third-order valence-corrected chi connectivity index (χ3v) is 4.31. The van der Waals surface area contributed by atoms with Gasteiger partial charge in [-0.05, 0) is 29.8 Å². The van der Waals surface area contributed by atoms with Gasteiger partial charge in [0.1, 0.15) is 5.82 Å². The minimum Gasteiger partial charge on any atom is -0.392 e. The number of benzene rings is 2. The van der Waals surface area contributed by atoms with Gasteiger partial charge in [0, 0.05) is 21.5 Å². The first-order chi connectivity index (χ1) is 9.15. The lowest BCUT2D eigenvalue weighted by atomic mass is 10.1. The van der Waals surface area contributed by atoms with Gasteiger partial charge in [-0.1, -0.05) is 40.2 Å². The van der Waals surface area contributed by atoms with Crippen LogP contribution in [0.25, 0.3) is 0 Å². The third kappa shape index (κ3) is 4.64. The molecule has 2 aromatic rings. The second kappa shape index (κ2) is 7.08. The van der Waals surface area contributed by atoms with E-state index in [1.807, 2.05) is 30.3 Å². The van der Waals surface area contributed by atoms with Crippen LogP contribution in [-0.2, 0) is 6.42 Å². The summed E-state index contributed by atoms with van der Waals surface area (Å²) in [5, 5.41) is 9.96. The number of aliphatic hydroxyl groups excluding tert-OH is 1. The molecule has 0 aliphatic rings. The molecule has 0 fully saturated rings. The Hall–Kier alpha value is -0.840. The third-order valence-electron chi connectivity index (χ3n) is 2.66. The molecule has 0 aromatic heterocycles. The molecule has 1 N–H and O–H groups in total. The van der Waals surface area contributed by atoms with Crippen molar-refractivity contribution < 1.29 is 9.50 Å². The summed E-state index contributed by atoms with van der Waals surface area (Å²) in [7, 11) is 0. The predicted octanol–water partition coefficient (Wildman–Crippen LogP) is 4.28. The Bertz CT molecular complexity index is 533. The van der Waals surface area contributed by atoms with Crippen molar-refractivity contribution in [2.24, 2.45) is 0 Å². The lowest BCUT2D eigenvalue weighted by Gasteiger charge is -2.11. The topological polar surface area (TPSA) is 20.2 Å². The van der Waals surface area contributed by atoms with E-state index < -0.39 is 6.10 Å².